The number of halogens is 11. The molecule has 34 heavy (non-hydrogen) atoms. The van der Waals surface area contributed by atoms with E-state index in [1.807, 2.05) is 0 Å². The number of hydrogen-bond donors (Lipinski definition) is 0. The molecule has 0 amide bonds. The normalized spacial score (nSPS) is 14.3. The number of benzene rings is 5. The Morgan fingerprint density at radius 1 is 0.441 bits per heavy atom. The summed E-state index contributed by atoms with van der Waals surface area (Å²) in [7, 11) is 0. The first kappa shape index (κ1) is 22.2. The largest absolute Gasteiger partial charge is 0.417 e. The monoisotopic (exact) mass is 610 g/mol. The van der Waals surface area contributed by atoms with Gasteiger partial charge in [0.25, 0.3) is 0 Å². The molecular formula is C23H5Br2F9. The third kappa shape index (κ3) is 2.62. The molecule has 11 heteroatoms. The minimum Gasteiger partial charge on any atom is -0.166 e. The Kier molecular flexibility index (Phi) is 4.11. The summed E-state index contributed by atoms with van der Waals surface area (Å²) in [6.45, 7) is 0. The second-order valence-corrected chi connectivity index (χ2v) is 9.77. The lowest BCUT2D eigenvalue weighted by Crippen LogP contribution is -2.18. The lowest BCUT2D eigenvalue weighted by molar-refractivity contribution is -0.160. The van der Waals surface area contributed by atoms with E-state index in [9.17, 15) is 39.5 Å². The zero-order valence-corrected chi connectivity index (χ0v) is 19.2. The van der Waals surface area contributed by atoms with Gasteiger partial charge < -0.3 is 0 Å². The molecule has 0 unspecified atom stereocenters. The Hall–Kier alpha value is -2.27. The van der Waals surface area contributed by atoms with Crippen LogP contribution in [0, 0.1) is 0 Å². The van der Waals surface area contributed by atoms with Crippen molar-refractivity contribution in [3.63, 3.8) is 0 Å². The topological polar surface area (TPSA) is 0 Å². The summed E-state index contributed by atoms with van der Waals surface area (Å²) in [5, 5.41) is -1.59. The van der Waals surface area contributed by atoms with Crippen LogP contribution in [0.4, 0.5) is 39.5 Å². The van der Waals surface area contributed by atoms with Crippen molar-refractivity contribution in [1.29, 1.82) is 0 Å². The minimum absolute atomic E-state index is 0.0117. The average Bonchev–Trinajstić information content (AvgIpc) is 3.04. The molecule has 6 aromatic carbocycles. The SMILES string of the molecule is FC(F)(F)c1cc2c(Br)cc3c(C(F)(F)F)c(C(F)(F)F)c4cc(Br)c5ccc1c1c5c4c3c21. The van der Waals surface area contributed by atoms with E-state index in [4.69, 9.17) is 0 Å². The maximum Gasteiger partial charge on any atom is 0.417 e. The highest BCUT2D eigenvalue weighted by Crippen LogP contribution is 2.58. The Morgan fingerprint density at radius 3 is 1.29 bits per heavy atom. The van der Waals surface area contributed by atoms with Gasteiger partial charge in [-0.3, -0.25) is 0 Å². The van der Waals surface area contributed by atoms with E-state index in [0.717, 1.165) is 18.2 Å². The second kappa shape index (κ2) is 6.29. The molecule has 0 saturated heterocycles. The number of alkyl halides is 9. The summed E-state index contributed by atoms with van der Waals surface area (Å²) in [5.41, 5.74) is -4.75. The maximum absolute atomic E-state index is 14.2. The standard InChI is InChI=1S/C23H5Br2F9/c24-12-4-9-17-15-7(12)2-1-6-11(21(26,27)28)3-8-13(25)5-10(18(17)16(8)14(6)15)20(23(32,33)34)19(9)22(29,30)31/h1-5H. The minimum atomic E-state index is -5.38. The fourth-order valence-corrected chi connectivity index (χ4v) is 6.35. The molecule has 0 atom stereocenters. The first-order chi connectivity index (χ1) is 15.6. The second-order valence-electron chi connectivity index (χ2n) is 8.06. The highest BCUT2D eigenvalue weighted by atomic mass is 79.9. The van der Waals surface area contributed by atoms with Crippen molar-refractivity contribution in [2.45, 2.75) is 18.5 Å². The van der Waals surface area contributed by atoms with Gasteiger partial charge in [0.15, 0.2) is 0 Å². The van der Waals surface area contributed by atoms with E-state index in [0.29, 0.717) is 5.39 Å². The van der Waals surface area contributed by atoms with Crippen LogP contribution in [0.5, 0.6) is 0 Å². The lowest BCUT2D eigenvalue weighted by Gasteiger charge is -2.21. The molecule has 0 aliphatic carbocycles. The molecule has 0 aliphatic heterocycles. The van der Waals surface area contributed by atoms with Crippen LogP contribution in [-0.2, 0) is 18.5 Å². The van der Waals surface area contributed by atoms with E-state index in [1.165, 1.54) is 12.1 Å². The van der Waals surface area contributed by atoms with E-state index in [-0.39, 0.29) is 46.6 Å². The van der Waals surface area contributed by atoms with Crippen LogP contribution in [0.1, 0.15) is 16.7 Å². The van der Waals surface area contributed by atoms with Gasteiger partial charge in [-0.15, -0.1) is 0 Å². The maximum atomic E-state index is 14.2. The molecule has 0 aromatic heterocycles. The predicted molar refractivity (Wildman–Crippen MR) is 118 cm³/mol. The smallest absolute Gasteiger partial charge is 0.166 e. The summed E-state index contributed by atoms with van der Waals surface area (Å²) in [4.78, 5) is 0. The van der Waals surface area contributed by atoms with Crippen LogP contribution >= 0.6 is 31.9 Å². The molecule has 0 N–H and O–H groups in total. The molecule has 0 radical (unpaired) electrons. The van der Waals surface area contributed by atoms with Gasteiger partial charge in [0.1, 0.15) is 0 Å². The molecule has 0 bridgehead atoms. The molecule has 6 aromatic rings. The van der Waals surface area contributed by atoms with Crippen molar-refractivity contribution in [3.8, 4) is 0 Å². The quantitative estimate of drug-likeness (QED) is 0.118. The van der Waals surface area contributed by atoms with Crippen LogP contribution < -0.4 is 0 Å². The third-order valence-corrected chi connectivity index (χ3v) is 7.62. The third-order valence-electron chi connectivity index (χ3n) is 6.31. The van der Waals surface area contributed by atoms with Crippen LogP contribution in [0.25, 0.3) is 53.9 Å². The van der Waals surface area contributed by atoms with Gasteiger partial charge in [-0.1, -0.05) is 44.0 Å². The van der Waals surface area contributed by atoms with E-state index in [2.05, 4.69) is 31.9 Å². The molecule has 0 fully saturated rings. The zero-order chi connectivity index (χ0) is 24.7. The Bertz CT molecular complexity index is 1720. The average molecular weight is 612 g/mol. The summed E-state index contributed by atoms with van der Waals surface area (Å²) in [6.07, 6.45) is -15.6. The van der Waals surface area contributed by atoms with Crippen LogP contribution in [0.15, 0.2) is 39.3 Å². The highest BCUT2D eigenvalue weighted by Gasteiger charge is 2.47. The summed E-state index contributed by atoms with van der Waals surface area (Å²) in [5.74, 6) is 0. The molecule has 0 nitrogen and oxygen atoms in total. The fourth-order valence-electron chi connectivity index (χ4n) is 5.25. The van der Waals surface area contributed by atoms with Crippen molar-refractivity contribution >= 4 is 85.7 Å². The number of rotatable bonds is 0. The molecule has 0 spiro atoms. The van der Waals surface area contributed by atoms with Crippen molar-refractivity contribution in [2.75, 3.05) is 0 Å². The van der Waals surface area contributed by atoms with Gasteiger partial charge in [0.05, 0.1) is 16.7 Å². The molecule has 6 rings (SSSR count). The van der Waals surface area contributed by atoms with Gasteiger partial charge in [-0.25, -0.2) is 0 Å². The van der Waals surface area contributed by atoms with E-state index < -0.39 is 46.0 Å². The fraction of sp³-hybridized carbons (Fsp3) is 0.130. The first-order valence-electron chi connectivity index (χ1n) is 9.47. The summed E-state index contributed by atoms with van der Waals surface area (Å²) in [6, 6.07) is 5.15. The lowest BCUT2D eigenvalue weighted by atomic mass is 9.89. The van der Waals surface area contributed by atoms with Crippen LogP contribution in [0.2, 0.25) is 0 Å². The van der Waals surface area contributed by atoms with Gasteiger partial charge in [0, 0.05) is 8.95 Å². The van der Waals surface area contributed by atoms with Crippen molar-refractivity contribution in [1.82, 2.24) is 0 Å². The first-order valence-corrected chi connectivity index (χ1v) is 11.1. The molecule has 0 aliphatic rings. The molecule has 0 saturated carbocycles. The van der Waals surface area contributed by atoms with Crippen molar-refractivity contribution < 1.29 is 39.5 Å². The predicted octanol–water partition coefficient (Wildman–Crippen LogP) is 10.3. The Labute approximate surface area is 199 Å². The summed E-state index contributed by atoms with van der Waals surface area (Å²) < 4.78 is 127. The van der Waals surface area contributed by atoms with Crippen LogP contribution in [0.3, 0.4) is 0 Å². The molecule has 0 heterocycles. The highest BCUT2D eigenvalue weighted by molar-refractivity contribution is 9.11. The van der Waals surface area contributed by atoms with Gasteiger partial charge in [-0.05, 0) is 72.1 Å². The van der Waals surface area contributed by atoms with Gasteiger partial charge >= 0.3 is 18.5 Å². The van der Waals surface area contributed by atoms with Gasteiger partial charge in [-0.2, -0.15) is 39.5 Å². The van der Waals surface area contributed by atoms with E-state index in [1.54, 1.807) is 0 Å². The molecular weight excluding hydrogens is 607 g/mol. The Balaban J connectivity index is 2.09. The number of hydrogen-bond acceptors (Lipinski definition) is 0. The van der Waals surface area contributed by atoms with Gasteiger partial charge in [0.2, 0.25) is 0 Å². The Morgan fingerprint density at radius 2 is 0.824 bits per heavy atom. The van der Waals surface area contributed by atoms with E-state index >= 15 is 0 Å². The van der Waals surface area contributed by atoms with Crippen LogP contribution in [-0.4, -0.2) is 0 Å². The summed E-state index contributed by atoms with van der Waals surface area (Å²) >= 11 is 6.15. The van der Waals surface area contributed by atoms with Crippen molar-refractivity contribution in [3.05, 3.63) is 56.0 Å². The molecule has 174 valence electrons. The van der Waals surface area contributed by atoms with Crippen molar-refractivity contribution in [2.24, 2.45) is 0 Å². The zero-order valence-electron chi connectivity index (χ0n) is 16.0.